The number of hydrazone groups is 1. The molecule has 1 N–H and O–H groups in total. The monoisotopic (exact) mass is 467 g/mol. The number of nitrogens with one attached hydrogen (secondary N) is 1. The molecule has 7 nitrogen and oxygen atoms in total. The van der Waals surface area contributed by atoms with Crippen molar-refractivity contribution in [2.45, 2.75) is 20.8 Å². The summed E-state index contributed by atoms with van der Waals surface area (Å²) in [6, 6.07) is 13.7. The Labute approximate surface area is 193 Å². The van der Waals surface area contributed by atoms with Crippen LogP contribution in [0.15, 0.2) is 58.4 Å². The number of benzene rings is 2. The van der Waals surface area contributed by atoms with Crippen LogP contribution >= 0.6 is 23.2 Å². The molecule has 162 valence electrons. The van der Waals surface area contributed by atoms with Crippen LogP contribution in [-0.4, -0.2) is 26.5 Å². The molecule has 0 aliphatic heterocycles. The van der Waals surface area contributed by atoms with E-state index in [0.29, 0.717) is 27.3 Å². The number of carbonyl (C=O) groups excluding carboxylic acids is 1. The maximum absolute atomic E-state index is 13.2. The van der Waals surface area contributed by atoms with E-state index in [1.807, 2.05) is 38.1 Å². The lowest BCUT2D eigenvalue weighted by atomic mass is 10.2. The first-order valence-corrected chi connectivity index (χ1v) is 10.5. The molecule has 0 radical (unpaired) electrons. The maximum atomic E-state index is 13.2. The minimum atomic E-state index is -0.417. The van der Waals surface area contributed by atoms with Crippen molar-refractivity contribution in [3.8, 4) is 0 Å². The van der Waals surface area contributed by atoms with Crippen molar-refractivity contribution < 1.29 is 4.79 Å². The summed E-state index contributed by atoms with van der Waals surface area (Å²) in [5.74, 6) is 0.145. The lowest BCUT2D eigenvalue weighted by molar-refractivity contribution is 0.0955. The summed E-state index contributed by atoms with van der Waals surface area (Å²) in [6.07, 6.45) is 1.53. The zero-order valence-electron chi connectivity index (χ0n) is 17.6. The Morgan fingerprint density at radius 3 is 2.53 bits per heavy atom. The third kappa shape index (κ3) is 3.92. The molecule has 2 aromatic heterocycles. The number of amides is 1. The molecule has 9 heteroatoms. The summed E-state index contributed by atoms with van der Waals surface area (Å²) in [6.45, 7) is 5.55. The van der Waals surface area contributed by atoms with Gasteiger partial charge in [0.15, 0.2) is 0 Å². The quantitative estimate of drug-likeness (QED) is 0.354. The molecule has 4 rings (SSSR count). The van der Waals surface area contributed by atoms with Gasteiger partial charge in [-0.1, -0.05) is 35.3 Å². The Balaban J connectivity index is 1.65. The van der Waals surface area contributed by atoms with E-state index in [1.54, 1.807) is 34.5 Å². The van der Waals surface area contributed by atoms with Gasteiger partial charge >= 0.3 is 0 Å². The van der Waals surface area contributed by atoms with Gasteiger partial charge in [-0.05, 0) is 57.2 Å². The molecule has 0 spiro atoms. The Morgan fingerprint density at radius 1 is 1.03 bits per heavy atom. The van der Waals surface area contributed by atoms with Crippen LogP contribution in [0.4, 0.5) is 0 Å². The highest BCUT2D eigenvalue weighted by atomic mass is 35.5. The summed E-state index contributed by atoms with van der Waals surface area (Å²) >= 11 is 11.8. The van der Waals surface area contributed by atoms with E-state index in [1.165, 1.54) is 12.3 Å². The van der Waals surface area contributed by atoms with E-state index < -0.39 is 5.91 Å². The molecule has 2 aromatic carbocycles. The maximum Gasteiger partial charge on any atom is 0.280 e. The van der Waals surface area contributed by atoms with Gasteiger partial charge in [0.1, 0.15) is 5.82 Å². The normalized spacial score (nSPS) is 11.4. The van der Waals surface area contributed by atoms with Crippen molar-refractivity contribution in [1.82, 2.24) is 19.8 Å². The summed E-state index contributed by atoms with van der Waals surface area (Å²) in [7, 11) is 0. The molecule has 0 fully saturated rings. The molecule has 0 aliphatic carbocycles. The number of fused-ring (bicyclic) bond motifs is 1. The Hall–Kier alpha value is -3.42. The van der Waals surface area contributed by atoms with Gasteiger partial charge in [0.2, 0.25) is 0 Å². The Bertz CT molecular complexity index is 1450. The molecule has 4 aromatic rings. The summed E-state index contributed by atoms with van der Waals surface area (Å²) in [5.41, 5.74) is 5.65. The molecule has 0 unspecified atom stereocenters. The second-order valence-corrected chi connectivity index (χ2v) is 8.07. The van der Waals surface area contributed by atoms with Crippen molar-refractivity contribution in [3.05, 3.63) is 97.3 Å². The van der Waals surface area contributed by atoms with Crippen molar-refractivity contribution in [2.24, 2.45) is 5.10 Å². The van der Waals surface area contributed by atoms with Gasteiger partial charge in [0.25, 0.3) is 11.5 Å². The third-order valence-electron chi connectivity index (χ3n) is 5.10. The standard InChI is InChI=1S/C23H19Cl2N5O2/c1-13-10-17(12-26-28-22(31)16-8-9-19(24)20(25)11-16)14(2)29(13)30-15(3)27-21-7-5-4-6-18(21)23(30)32/h4-12H,1-3H3,(H,28,31). The minimum Gasteiger partial charge on any atom is -0.267 e. The van der Waals surface area contributed by atoms with Gasteiger partial charge < -0.3 is 0 Å². The van der Waals surface area contributed by atoms with E-state index >= 15 is 0 Å². The number of hydrogen-bond donors (Lipinski definition) is 1. The first kappa shape index (κ1) is 21.8. The van der Waals surface area contributed by atoms with E-state index in [2.05, 4.69) is 15.5 Å². The van der Waals surface area contributed by atoms with E-state index in [0.717, 1.165) is 17.0 Å². The lowest BCUT2D eigenvalue weighted by Crippen LogP contribution is -2.30. The predicted molar refractivity (Wildman–Crippen MR) is 127 cm³/mol. The van der Waals surface area contributed by atoms with Crippen molar-refractivity contribution in [1.29, 1.82) is 0 Å². The van der Waals surface area contributed by atoms with E-state index in [4.69, 9.17) is 23.2 Å². The van der Waals surface area contributed by atoms with Crippen LogP contribution < -0.4 is 11.0 Å². The van der Waals surface area contributed by atoms with Gasteiger partial charge in [0.05, 0.1) is 27.2 Å². The predicted octanol–water partition coefficient (Wildman–Crippen LogP) is 4.51. The zero-order valence-corrected chi connectivity index (χ0v) is 19.1. The largest absolute Gasteiger partial charge is 0.280 e. The first-order valence-electron chi connectivity index (χ1n) is 9.74. The fourth-order valence-electron chi connectivity index (χ4n) is 3.55. The van der Waals surface area contributed by atoms with Gasteiger partial charge in [-0.2, -0.15) is 9.78 Å². The van der Waals surface area contributed by atoms with Crippen LogP contribution in [0, 0.1) is 20.8 Å². The summed E-state index contributed by atoms with van der Waals surface area (Å²) in [5, 5.41) is 5.25. The zero-order chi connectivity index (χ0) is 23.0. The van der Waals surface area contributed by atoms with Crippen molar-refractivity contribution >= 4 is 46.2 Å². The molecular formula is C23H19Cl2N5O2. The molecule has 0 bridgehead atoms. The number of para-hydroxylation sites is 1. The topological polar surface area (TPSA) is 81.3 Å². The first-order chi connectivity index (χ1) is 15.3. The molecule has 0 aliphatic rings. The lowest BCUT2D eigenvalue weighted by Gasteiger charge is -2.16. The number of nitrogens with zero attached hydrogens (tertiary/aromatic N) is 4. The molecule has 2 heterocycles. The second kappa shape index (κ2) is 8.61. The van der Waals surface area contributed by atoms with Crippen LogP contribution in [0.5, 0.6) is 0 Å². The SMILES string of the molecule is Cc1cc(C=NNC(=O)c2ccc(Cl)c(Cl)c2)c(C)n1-n1c(C)nc2ccccc2c1=O. The minimum absolute atomic E-state index is 0.161. The number of rotatable bonds is 4. The molecular weight excluding hydrogens is 449 g/mol. The van der Waals surface area contributed by atoms with E-state index in [-0.39, 0.29) is 10.6 Å². The van der Waals surface area contributed by atoms with Crippen molar-refractivity contribution in [2.75, 3.05) is 0 Å². The van der Waals surface area contributed by atoms with Crippen molar-refractivity contribution in [3.63, 3.8) is 0 Å². The highest BCUT2D eigenvalue weighted by Crippen LogP contribution is 2.22. The molecule has 1 amide bonds. The van der Waals surface area contributed by atoms with E-state index in [9.17, 15) is 9.59 Å². The Kier molecular flexibility index (Phi) is 5.86. The van der Waals surface area contributed by atoms with Crippen LogP contribution in [0.3, 0.4) is 0 Å². The second-order valence-electron chi connectivity index (χ2n) is 7.26. The van der Waals surface area contributed by atoms with Crippen LogP contribution in [0.25, 0.3) is 10.9 Å². The number of halogens is 2. The molecule has 32 heavy (non-hydrogen) atoms. The molecule has 0 saturated carbocycles. The van der Waals surface area contributed by atoms with Gasteiger partial charge in [0, 0.05) is 22.5 Å². The van der Waals surface area contributed by atoms with Gasteiger partial charge in [-0.15, -0.1) is 0 Å². The summed E-state index contributed by atoms with van der Waals surface area (Å²) in [4.78, 5) is 30.0. The average Bonchev–Trinajstić information content (AvgIpc) is 3.03. The Morgan fingerprint density at radius 2 is 1.78 bits per heavy atom. The van der Waals surface area contributed by atoms with Crippen LogP contribution in [0.2, 0.25) is 10.0 Å². The fraction of sp³-hybridized carbons (Fsp3) is 0.130. The molecule has 0 atom stereocenters. The smallest absolute Gasteiger partial charge is 0.267 e. The number of aryl methyl sites for hydroxylation is 2. The third-order valence-corrected chi connectivity index (χ3v) is 5.84. The average molecular weight is 468 g/mol. The highest BCUT2D eigenvalue weighted by molar-refractivity contribution is 6.42. The molecule has 0 saturated heterocycles. The van der Waals surface area contributed by atoms with Gasteiger partial charge in [-0.3, -0.25) is 14.3 Å². The van der Waals surface area contributed by atoms with Crippen LogP contribution in [-0.2, 0) is 0 Å². The highest BCUT2D eigenvalue weighted by Gasteiger charge is 2.15. The van der Waals surface area contributed by atoms with Crippen LogP contribution in [0.1, 0.15) is 33.1 Å². The summed E-state index contributed by atoms with van der Waals surface area (Å²) < 4.78 is 3.33. The number of aromatic nitrogens is 3. The number of hydrogen-bond acceptors (Lipinski definition) is 4. The number of carbonyl (C=O) groups is 1. The van der Waals surface area contributed by atoms with Gasteiger partial charge in [-0.25, -0.2) is 10.4 Å². The fourth-order valence-corrected chi connectivity index (χ4v) is 3.85.